The maximum atomic E-state index is 11.5. The second-order valence-corrected chi connectivity index (χ2v) is 3.36. The summed E-state index contributed by atoms with van der Waals surface area (Å²) in [5, 5.41) is 10.6. The average Bonchev–Trinajstić information content (AvgIpc) is 2.62. The van der Waals surface area contributed by atoms with Gasteiger partial charge in [0.1, 0.15) is 12.2 Å². The van der Waals surface area contributed by atoms with E-state index in [-0.39, 0.29) is 12.3 Å². The van der Waals surface area contributed by atoms with Gasteiger partial charge in [-0.05, 0) is 12.1 Å². The van der Waals surface area contributed by atoms with E-state index in [1.54, 1.807) is 6.33 Å². The van der Waals surface area contributed by atoms with Crippen LogP contribution in [0.5, 0.6) is 0 Å². The lowest BCUT2D eigenvalue weighted by Gasteiger charge is -2.06. The van der Waals surface area contributed by atoms with Crippen molar-refractivity contribution in [1.82, 2.24) is 14.8 Å². The number of carbonyl (C=O) groups is 1. The molecule has 5 heteroatoms. The summed E-state index contributed by atoms with van der Waals surface area (Å²) < 4.78 is 1.83. The molecular formula is C10H8N4O. The molecular weight excluding hydrogens is 192 g/mol. The minimum absolute atomic E-state index is 0.0609. The van der Waals surface area contributed by atoms with E-state index >= 15 is 0 Å². The third kappa shape index (κ3) is 1.20. The largest absolute Gasteiger partial charge is 0.324 e. The van der Waals surface area contributed by atoms with E-state index in [9.17, 15) is 4.79 Å². The van der Waals surface area contributed by atoms with Gasteiger partial charge in [0.2, 0.25) is 5.91 Å². The number of nitrogens with zero attached hydrogens (tertiary/aromatic N) is 3. The molecule has 0 aliphatic carbocycles. The number of amides is 1. The Bertz CT molecular complexity index is 532. The standard InChI is InChI=1S/C10H8N4O/c15-10-5-9-13-11-6-14(9)8-4-2-1-3-7(8)12-10/h1-4,6H,5H2,(H,12,15). The lowest BCUT2D eigenvalue weighted by atomic mass is 10.2. The van der Waals surface area contributed by atoms with Crippen LogP contribution in [-0.4, -0.2) is 20.7 Å². The van der Waals surface area contributed by atoms with Crippen molar-refractivity contribution in [1.29, 1.82) is 0 Å². The van der Waals surface area contributed by atoms with Gasteiger partial charge in [-0.3, -0.25) is 9.36 Å². The van der Waals surface area contributed by atoms with Crippen LogP contribution >= 0.6 is 0 Å². The molecule has 74 valence electrons. The van der Waals surface area contributed by atoms with Gasteiger partial charge in [-0.25, -0.2) is 0 Å². The lowest BCUT2D eigenvalue weighted by molar-refractivity contribution is -0.115. The normalized spacial score (nSPS) is 13.7. The van der Waals surface area contributed by atoms with Crippen molar-refractivity contribution in [2.45, 2.75) is 6.42 Å². The van der Waals surface area contributed by atoms with E-state index in [1.807, 2.05) is 28.8 Å². The van der Waals surface area contributed by atoms with Crippen molar-refractivity contribution in [2.24, 2.45) is 0 Å². The summed E-state index contributed by atoms with van der Waals surface area (Å²) in [6, 6.07) is 7.59. The molecule has 3 rings (SSSR count). The maximum Gasteiger partial charge on any atom is 0.232 e. The van der Waals surface area contributed by atoms with Crippen molar-refractivity contribution >= 4 is 11.6 Å². The number of hydrogen-bond acceptors (Lipinski definition) is 3. The predicted octanol–water partition coefficient (Wildman–Crippen LogP) is 0.762. The van der Waals surface area contributed by atoms with Crippen LogP contribution in [0.3, 0.4) is 0 Å². The Labute approximate surface area is 85.8 Å². The molecule has 0 bridgehead atoms. The van der Waals surface area contributed by atoms with Crippen LogP contribution in [0.4, 0.5) is 5.69 Å². The summed E-state index contributed by atoms with van der Waals surface area (Å²) in [4.78, 5) is 11.5. The summed E-state index contributed by atoms with van der Waals surface area (Å²) in [6.45, 7) is 0. The highest BCUT2D eigenvalue weighted by atomic mass is 16.1. The first-order valence-electron chi connectivity index (χ1n) is 4.63. The Kier molecular flexibility index (Phi) is 1.58. The Morgan fingerprint density at radius 3 is 3.13 bits per heavy atom. The minimum atomic E-state index is -0.0609. The highest BCUT2D eigenvalue weighted by molar-refractivity contribution is 5.95. The Balaban J connectivity index is 2.29. The van der Waals surface area contributed by atoms with E-state index in [1.165, 1.54) is 0 Å². The molecule has 2 heterocycles. The van der Waals surface area contributed by atoms with E-state index in [0.717, 1.165) is 11.4 Å². The van der Waals surface area contributed by atoms with Crippen LogP contribution in [0.15, 0.2) is 30.6 Å². The van der Waals surface area contributed by atoms with Gasteiger partial charge in [0, 0.05) is 0 Å². The molecule has 0 unspecified atom stereocenters. The van der Waals surface area contributed by atoms with Crippen LogP contribution in [-0.2, 0) is 11.2 Å². The van der Waals surface area contributed by atoms with Crippen molar-refractivity contribution in [3.8, 4) is 5.69 Å². The highest BCUT2D eigenvalue weighted by Crippen LogP contribution is 2.23. The highest BCUT2D eigenvalue weighted by Gasteiger charge is 2.18. The number of aromatic nitrogens is 3. The fourth-order valence-corrected chi connectivity index (χ4v) is 1.71. The molecule has 0 radical (unpaired) electrons. The SMILES string of the molecule is O=C1Cc2nncn2-c2ccccc2N1. The molecule has 0 spiro atoms. The molecule has 15 heavy (non-hydrogen) atoms. The Morgan fingerprint density at radius 1 is 1.33 bits per heavy atom. The molecule has 1 aliphatic heterocycles. The third-order valence-electron chi connectivity index (χ3n) is 2.37. The van der Waals surface area contributed by atoms with Gasteiger partial charge in [0.05, 0.1) is 17.8 Å². The van der Waals surface area contributed by atoms with Gasteiger partial charge in [-0.2, -0.15) is 0 Å². The van der Waals surface area contributed by atoms with Crippen LogP contribution in [0.2, 0.25) is 0 Å². The number of hydrogen-bond donors (Lipinski definition) is 1. The molecule has 0 fully saturated rings. The molecule has 1 aliphatic rings. The maximum absolute atomic E-state index is 11.5. The van der Waals surface area contributed by atoms with E-state index in [4.69, 9.17) is 0 Å². The fraction of sp³-hybridized carbons (Fsp3) is 0.100. The fourth-order valence-electron chi connectivity index (χ4n) is 1.71. The summed E-state index contributed by atoms with van der Waals surface area (Å²) in [7, 11) is 0. The number of nitrogens with one attached hydrogen (secondary N) is 1. The van der Waals surface area contributed by atoms with Crippen LogP contribution < -0.4 is 5.32 Å². The third-order valence-corrected chi connectivity index (χ3v) is 2.37. The molecule has 5 nitrogen and oxygen atoms in total. The van der Waals surface area contributed by atoms with E-state index in [2.05, 4.69) is 15.5 Å². The molecule has 1 amide bonds. The first-order valence-corrected chi connectivity index (χ1v) is 4.63. The molecule has 0 atom stereocenters. The summed E-state index contributed by atoms with van der Waals surface area (Å²) in [5.41, 5.74) is 1.70. The van der Waals surface area contributed by atoms with Gasteiger partial charge in [-0.1, -0.05) is 12.1 Å². The van der Waals surface area contributed by atoms with Crippen LogP contribution in [0.25, 0.3) is 5.69 Å². The van der Waals surface area contributed by atoms with E-state index < -0.39 is 0 Å². The summed E-state index contributed by atoms with van der Waals surface area (Å²) in [6.07, 6.45) is 1.88. The number of rotatable bonds is 0. The first kappa shape index (κ1) is 8.16. The zero-order valence-electron chi connectivity index (χ0n) is 7.84. The lowest BCUT2D eigenvalue weighted by Crippen LogP contribution is -2.13. The number of benzene rings is 1. The second-order valence-electron chi connectivity index (χ2n) is 3.36. The second kappa shape index (κ2) is 2.91. The van der Waals surface area contributed by atoms with Gasteiger partial charge in [-0.15, -0.1) is 10.2 Å². The quantitative estimate of drug-likeness (QED) is 0.683. The van der Waals surface area contributed by atoms with Crippen molar-refractivity contribution in [3.05, 3.63) is 36.4 Å². The van der Waals surface area contributed by atoms with Gasteiger partial charge in [0.15, 0.2) is 0 Å². The van der Waals surface area contributed by atoms with Gasteiger partial charge >= 0.3 is 0 Å². The van der Waals surface area contributed by atoms with E-state index in [0.29, 0.717) is 5.82 Å². The average molecular weight is 200 g/mol. The van der Waals surface area contributed by atoms with Crippen molar-refractivity contribution < 1.29 is 4.79 Å². The molecule has 2 aromatic rings. The molecule has 0 saturated heterocycles. The topological polar surface area (TPSA) is 59.8 Å². The minimum Gasteiger partial charge on any atom is -0.324 e. The number of para-hydroxylation sites is 2. The van der Waals surface area contributed by atoms with Crippen molar-refractivity contribution in [2.75, 3.05) is 5.32 Å². The Hall–Kier alpha value is -2.17. The number of carbonyl (C=O) groups excluding carboxylic acids is 1. The molecule has 1 aromatic heterocycles. The summed E-state index contributed by atoms with van der Waals surface area (Å²) in [5.74, 6) is 0.603. The van der Waals surface area contributed by atoms with Crippen LogP contribution in [0.1, 0.15) is 5.82 Å². The Morgan fingerprint density at radius 2 is 2.20 bits per heavy atom. The molecule has 1 N–H and O–H groups in total. The zero-order chi connectivity index (χ0) is 10.3. The smallest absolute Gasteiger partial charge is 0.232 e. The predicted molar refractivity (Wildman–Crippen MR) is 53.7 cm³/mol. The van der Waals surface area contributed by atoms with Gasteiger partial charge in [0.25, 0.3) is 0 Å². The number of anilines is 1. The first-order chi connectivity index (χ1) is 7.34. The van der Waals surface area contributed by atoms with Crippen LogP contribution in [0, 0.1) is 0 Å². The molecule has 0 saturated carbocycles. The van der Waals surface area contributed by atoms with Crippen molar-refractivity contribution in [3.63, 3.8) is 0 Å². The number of fused-ring (bicyclic) bond motifs is 3. The molecule has 1 aromatic carbocycles. The van der Waals surface area contributed by atoms with Gasteiger partial charge < -0.3 is 5.32 Å². The monoisotopic (exact) mass is 200 g/mol. The summed E-state index contributed by atoms with van der Waals surface area (Å²) >= 11 is 0. The zero-order valence-corrected chi connectivity index (χ0v) is 7.84.